The zero-order chi connectivity index (χ0) is 16.0. The molecule has 1 amide bonds. The topological polar surface area (TPSA) is 92.5 Å². The molecule has 0 aliphatic carbocycles. The van der Waals surface area contributed by atoms with Gasteiger partial charge in [-0.3, -0.25) is 14.9 Å². The van der Waals surface area contributed by atoms with Crippen molar-refractivity contribution in [2.24, 2.45) is 5.92 Å². The minimum atomic E-state index is -0.482. The number of amides is 1. The van der Waals surface area contributed by atoms with Crippen molar-refractivity contribution in [2.45, 2.75) is 39.2 Å². The monoisotopic (exact) mass is 294 g/mol. The second kappa shape index (κ2) is 7.73. The number of nitro groups is 1. The molecule has 0 radical (unpaired) electrons. The van der Waals surface area contributed by atoms with Crippen molar-refractivity contribution in [3.8, 4) is 0 Å². The van der Waals surface area contributed by atoms with E-state index in [2.05, 4.69) is 5.32 Å². The van der Waals surface area contributed by atoms with Crippen molar-refractivity contribution < 1.29 is 14.8 Å². The maximum absolute atomic E-state index is 12.3. The summed E-state index contributed by atoms with van der Waals surface area (Å²) < 4.78 is 0. The average molecular weight is 294 g/mol. The third-order valence-electron chi connectivity index (χ3n) is 3.55. The summed E-state index contributed by atoms with van der Waals surface area (Å²) in [7, 11) is 0. The number of nitro benzene ring substituents is 1. The Kier molecular flexibility index (Phi) is 6.30. The van der Waals surface area contributed by atoms with Crippen LogP contribution in [0.2, 0.25) is 0 Å². The van der Waals surface area contributed by atoms with Gasteiger partial charge >= 0.3 is 0 Å². The first-order valence-corrected chi connectivity index (χ1v) is 7.02. The van der Waals surface area contributed by atoms with Crippen LogP contribution in [0.4, 0.5) is 5.69 Å². The molecule has 0 saturated heterocycles. The zero-order valence-electron chi connectivity index (χ0n) is 12.6. The predicted molar refractivity (Wildman–Crippen MR) is 80.0 cm³/mol. The third kappa shape index (κ3) is 4.82. The molecule has 6 nitrogen and oxygen atoms in total. The molecule has 0 spiro atoms. The molecule has 0 aliphatic rings. The van der Waals surface area contributed by atoms with Gasteiger partial charge in [0.05, 0.1) is 10.8 Å². The highest BCUT2D eigenvalue weighted by molar-refractivity contribution is 5.83. The molecule has 2 unspecified atom stereocenters. The van der Waals surface area contributed by atoms with Gasteiger partial charge in [0.15, 0.2) is 0 Å². The molecule has 0 heterocycles. The lowest BCUT2D eigenvalue weighted by atomic mass is 9.96. The van der Waals surface area contributed by atoms with E-state index in [-0.39, 0.29) is 30.2 Å². The van der Waals surface area contributed by atoms with E-state index in [4.69, 9.17) is 5.11 Å². The van der Waals surface area contributed by atoms with E-state index in [1.54, 1.807) is 19.1 Å². The molecule has 2 N–H and O–H groups in total. The first-order chi connectivity index (χ1) is 9.86. The van der Waals surface area contributed by atoms with Crippen molar-refractivity contribution in [3.63, 3.8) is 0 Å². The van der Waals surface area contributed by atoms with E-state index in [0.717, 1.165) is 0 Å². The van der Waals surface area contributed by atoms with Gasteiger partial charge in [-0.25, -0.2) is 0 Å². The first kappa shape index (κ1) is 17.1. The fourth-order valence-electron chi connectivity index (χ4n) is 2.08. The minimum Gasteiger partial charge on any atom is -0.396 e. The number of nitrogens with zero attached hydrogens (tertiary/aromatic N) is 1. The molecule has 0 bridgehead atoms. The fourth-order valence-corrected chi connectivity index (χ4v) is 2.08. The number of aliphatic hydroxyl groups is 1. The Morgan fingerprint density at radius 1 is 1.38 bits per heavy atom. The second-order valence-corrected chi connectivity index (χ2v) is 5.45. The van der Waals surface area contributed by atoms with Gasteiger partial charge in [-0.15, -0.1) is 0 Å². The highest BCUT2D eigenvalue weighted by Gasteiger charge is 2.22. The fraction of sp³-hybridized carbons (Fsp3) is 0.533. The molecule has 1 aromatic carbocycles. The standard InChI is InChI=1S/C15H22N2O4/c1-10(2)14(7-8-18)16-15(19)11(3)12-5-4-6-13(9-12)17(20)21/h4-6,9-11,14,18H,7-8H2,1-3H3,(H,16,19). The summed E-state index contributed by atoms with van der Waals surface area (Å²) in [5, 5.41) is 22.7. The summed E-state index contributed by atoms with van der Waals surface area (Å²) in [6.07, 6.45) is 0.491. The molecule has 1 rings (SSSR count). The molecule has 0 aromatic heterocycles. The normalized spacial score (nSPS) is 13.8. The van der Waals surface area contributed by atoms with Crippen LogP contribution in [0.5, 0.6) is 0 Å². The van der Waals surface area contributed by atoms with E-state index in [9.17, 15) is 14.9 Å². The van der Waals surface area contributed by atoms with Gasteiger partial charge in [0.25, 0.3) is 5.69 Å². The third-order valence-corrected chi connectivity index (χ3v) is 3.55. The molecule has 21 heavy (non-hydrogen) atoms. The van der Waals surface area contributed by atoms with Gasteiger partial charge in [-0.1, -0.05) is 26.0 Å². The lowest BCUT2D eigenvalue weighted by Crippen LogP contribution is -2.41. The van der Waals surface area contributed by atoms with Crippen LogP contribution in [0.25, 0.3) is 0 Å². The summed E-state index contributed by atoms with van der Waals surface area (Å²) >= 11 is 0. The number of hydrogen-bond acceptors (Lipinski definition) is 4. The SMILES string of the molecule is CC(C(=O)NC(CCO)C(C)C)c1cccc([N+](=O)[O-])c1. The quantitative estimate of drug-likeness (QED) is 0.595. The van der Waals surface area contributed by atoms with Crippen molar-refractivity contribution in [1.82, 2.24) is 5.32 Å². The van der Waals surface area contributed by atoms with Gasteiger partial charge in [-0.2, -0.15) is 0 Å². The van der Waals surface area contributed by atoms with Crippen LogP contribution in [0.15, 0.2) is 24.3 Å². The average Bonchev–Trinajstić information content (AvgIpc) is 2.45. The molecular weight excluding hydrogens is 272 g/mol. The van der Waals surface area contributed by atoms with E-state index in [1.165, 1.54) is 12.1 Å². The molecule has 6 heteroatoms. The van der Waals surface area contributed by atoms with Gasteiger partial charge in [0.2, 0.25) is 5.91 Å². The summed E-state index contributed by atoms with van der Waals surface area (Å²) in [6, 6.07) is 5.99. The van der Waals surface area contributed by atoms with E-state index in [1.807, 2.05) is 13.8 Å². The number of carbonyl (C=O) groups is 1. The van der Waals surface area contributed by atoms with Crippen LogP contribution in [0, 0.1) is 16.0 Å². The summed E-state index contributed by atoms with van der Waals surface area (Å²) in [6.45, 7) is 5.66. The number of hydrogen-bond donors (Lipinski definition) is 2. The van der Waals surface area contributed by atoms with Crippen molar-refractivity contribution in [2.75, 3.05) is 6.61 Å². The number of aliphatic hydroxyl groups excluding tert-OH is 1. The minimum absolute atomic E-state index is 0.00825. The lowest BCUT2D eigenvalue weighted by molar-refractivity contribution is -0.384. The first-order valence-electron chi connectivity index (χ1n) is 7.02. The summed E-state index contributed by atoms with van der Waals surface area (Å²) in [5.41, 5.74) is 0.580. The summed E-state index contributed by atoms with van der Waals surface area (Å²) in [5.74, 6) is -0.467. The Labute approximate surface area is 124 Å². The van der Waals surface area contributed by atoms with Crippen LogP contribution in [0.1, 0.15) is 38.7 Å². The lowest BCUT2D eigenvalue weighted by Gasteiger charge is -2.23. The Morgan fingerprint density at radius 2 is 2.05 bits per heavy atom. The molecule has 0 aliphatic heterocycles. The number of non-ortho nitro benzene ring substituents is 1. The number of nitrogens with one attached hydrogen (secondary N) is 1. The molecule has 116 valence electrons. The Hall–Kier alpha value is -1.95. The van der Waals surface area contributed by atoms with E-state index < -0.39 is 10.8 Å². The Balaban J connectivity index is 2.82. The molecular formula is C15H22N2O4. The van der Waals surface area contributed by atoms with Crippen LogP contribution in [0.3, 0.4) is 0 Å². The smallest absolute Gasteiger partial charge is 0.269 e. The molecule has 1 aromatic rings. The van der Waals surface area contributed by atoms with Crippen LogP contribution in [-0.2, 0) is 4.79 Å². The number of benzene rings is 1. The highest BCUT2D eigenvalue weighted by atomic mass is 16.6. The van der Waals surface area contributed by atoms with Crippen LogP contribution >= 0.6 is 0 Å². The van der Waals surface area contributed by atoms with Gasteiger partial charge < -0.3 is 10.4 Å². The molecule has 2 atom stereocenters. The van der Waals surface area contributed by atoms with Gasteiger partial charge in [0, 0.05) is 24.8 Å². The molecule has 0 fully saturated rings. The van der Waals surface area contributed by atoms with E-state index in [0.29, 0.717) is 12.0 Å². The zero-order valence-corrected chi connectivity index (χ0v) is 12.6. The summed E-state index contributed by atoms with van der Waals surface area (Å²) in [4.78, 5) is 22.6. The maximum Gasteiger partial charge on any atom is 0.269 e. The van der Waals surface area contributed by atoms with Crippen LogP contribution in [-0.4, -0.2) is 28.6 Å². The van der Waals surface area contributed by atoms with Crippen molar-refractivity contribution in [3.05, 3.63) is 39.9 Å². The van der Waals surface area contributed by atoms with Crippen molar-refractivity contribution in [1.29, 1.82) is 0 Å². The Morgan fingerprint density at radius 3 is 2.57 bits per heavy atom. The number of rotatable bonds is 7. The van der Waals surface area contributed by atoms with Gasteiger partial charge in [0.1, 0.15) is 0 Å². The van der Waals surface area contributed by atoms with Crippen molar-refractivity contribution >= 4 is 11.6 Å². The van der Waals surface area contributed by atoms with Gasteiger partial charge in [-0.05, 0) is 24.8 Å². The second-order valence-electron chi connectivity index (χ2n) is 5.45. The van der Waals surface area contributed by atoms with E-state index >= 15 is 0 Å². The highest BCUT2D eigenvalue weighted by Crippen LogP contribution is 2.21. The predicted octanol–water partition coefficient (Wildman–Crippen LogP) is 2.22. The maximum atomic E-state index is 12.3. The van der Waals surface area contributed by atoms with Crippen LogP contribution < -0.4 is 5.32 Å². The molecule has 0 saturated carbocycles. The largest absolute Gasteiger partial charge is 0.396 e. The Bertz CT molecular complexity index is 502. The number of carbonyl (C=O) groups excluding carboxylic acids is 1.